The van der Waals surface area contributed by atoms with Crippen molar-refractivity contribution in [2.24, 2.45) is 0 Å². The van der Waals surface area contributed by atoms with Crippen molar-refractivity contribution in [1.29, 1.82) is 0 Å². The van der Waals surface area contributed by atoms with Crippen molar-refractivity contribution < 1.29 is 9.84 Å². The normalized spacial score (nSPS) is 13.9. The van der Waals surface area contributed by atoms with Gasteiger partial charge in [-0.3, -0.25) is 0 Å². The zero-order chi connectivity index (χ0) is 12.5. The third-order valence-electron chi connectivity index (χ3n) is 3.15. The van der Waals surface area contributed by atoms with Crippen LogP contribution in [0.2, 0.25) is 0 Å². The average Bonchev–Trinajstić information content (AvgIpc) is 2.38. The molecule has 0 saturated heterocycles. The Morgan fingerprint density at radius 2 is 2.06 bits per heavy atom. The Hall–Kier alpha value is -2.16. The van der Waals surface area contributed by atoms with Crippen LogP contribution in [0.4, 0.5) is 5.69 Å². The Morgan fingerprint density at radius 3 is 2.89 bits per heavy atom. The van der Waals surface area contributed by atoms with Gasteiger partial charge in [0.2, 0.25) is 0 Å². The average molecular weight is 241 g/mol. The number of aromatic hydroxyl groups is 1. The summed E-state index contributed by atoms with van der Waals surface area (Å²) >= 11 is 0. The van der Waals surface area contributed by atoms with Crippen LogP contribution >= 0.6 is 0 Å². The Kier molecular flexibility index (Phi) is 2.59. The number of phenolic OH excluding ortho intramolecular Hbond substituents is 1. The number of phenols is 1. The first-order valence-electron chi connectivity index (χ1n) is 5.99. The van der Waals surface area contributed by atoms with Crippen molar-refractivity contribution >= 4 is 5.69 Å². The van der Waals surface area contributed by atoms with Crippen molar-refractivity contribution in [3.63, 3.8) is 0 Å². The molecule has 0 bridgehead atoms. The summed E-state index contributed by atoms with van der Waals surface area (Å²) < 4.78 is 5.70. The number of benzene rings is 2. The van der Waals surface area contributed by atoms with E-state index in [0.717, 1.165) is 23.5 Å². The Morgan fingerprint density at radius 1 is 1.17 bits per heavy atom. The highest BCUT2D eigenvalue weighted by atomic mass is 16.5. The van der Waals surface area contributed by atoms with E-state index >= 15 is 0 Å². The van der Waals surface area contributed by atoms with Crippen LogP contribution in [0.15, 0.2) is 42.5 Å². The lowest BCUT2D eigenvalue weighted by atomic mass is 10.1. The van der Waals surface area contributed by atoms with E-state index in [1.165, 1.54) is 5.56 Å². The Bertz CT molecular complexity index is 580. The molecule has 2 aromatic rings. The predicted molar refractivity (Wildman–Crippen MR) is 71.0 cm³/mol. The molecule has 2 aromatic carbocycles. The number of hydrogen-bond donors (Lipinski definition) is 1. The molecule has 0 aliphatic carbocycles. The first kappa shape index (κ1) is 11.0. The molecule has 1 N–H and O–H groups in total. The molecular weight excluding hydrogens is 226 g/mol. The van der Waals surface area contributed by atoms with Crippen molar-refractivity contribution in [3.8, 4) is 11.5 Å². The van der Waals surface area contributed by atoms with Crippen molar-refractivity contribution in [3.05, 3.63) is 53.6 Å². The lowest BCUT2D eigenvalue weighted by molar-refractivity contribution is 0.288. The largest absolute Gasteiger partial charge is 0.508 e. The lowest BCUT2D eigenvalue weighted by Crippen LogP contribution is -2.31. The summed E-state index contributed by atoms with van der Waals surface area (Å²) in [7, 11) is 0. The molecule has 0 saturated carbocycles. The Balaban J connectivity index is 1.90. The van der Waals surface area contributed by atoms with Gasteiger partial charge in [0.15, 0.2) is 6.73 Å². The van der Waals surface area contributed by atoms with Crippen LogP contribution in [0.25, 0.3) is 0 Å². The van der Waals surface area contributed by atoms with Crippen LogP contribution in [0.1, 0.15) is 11.1 Å². The number of hydrogen-bond acceptors (Lipinski definition) is 3. The molecule has 0 aromatic heterocycles. The van der Waals surface area contributed by atoms with Crippen LogP contribution in [-0.4, -0.2) is 11.8 Å². The van der Waals surface area contributed by atoms with Gasteiger partial charge >= 0.3 is 0 Å². The molecule has 0 amide bonds. The number of aryl methyl sites for hydroxylation is 1. The summed E-state index contributed by atoms with van der Waals surface area (Å²) in [5, 5.41) is 9.52. The highest BCUT2D eigenvalue weighted by Gasteiger charge is 2.17. The minimum atomic E-state index is 0.281. The van der Waals surface area contributed by atoms with Gasteiger partial charge in [-0.15, -0.1) is 0 Å². The first-order chi connectivity index (χ1) is 8.72. The summed E-state index contributed by atoms with van der Waals surface area (Å²) in [4.78, 5) is 2.15. The molecule has 92 valence electrons. The molecule has 1 heterocycles. The molecule has 18 heavy (non-hydrogen) atoms. The maximum absolute atomic E-state index is 9.52. The van der Waals surface area contributed by atoms with Gasteiger partial charge in [0.05, 0.1) is 0 Å². The van der Waals surface area contributed by atoms with Gasteiger partial charge in [-0.05, 0) is 42.8 Å². The number of ether oxygens (including phenoxy) is 1. The number of fused-ring (bicyclic) bond motifs is 1. The fourth-order valence-electron chi connectivity index (χ4n) is 2.22. The van der Waals surface area contributed by atoms with E-state index in [1.807, 2.05) is 12.1 Å². The van der Waals surface area contributed by atoms with E-state index in [0.29, 0.717) is 6.73 Å². The monoisotopic (exact) mass is 241 g/mol. The van der Waals surface area contributed by atoms with Crippen LogP contribution in [0, 0.1) is 6.92 Å². The van der Waals surface area contributed by atoms with E-state index in [1.54, 1.807) is 12.1 Å². The fourth-order valence-corrected chi connectivity index (χ4v) is 2.22. The number of nitrogens with zero attached hydrogens (tertiary/aromatic N) is 1. The molecule has 0 unspecified atom stereocenters. The summed E-state index contributed by atoms with van der Waals surface area (Å²) in [6.07, 6.45) is 0. The first-order valence-corrected chi connectivity index (χ1v) is 5.99. The molecule has 1 aliphatic rings. The van der Waals surface area contributed by atoms with Gasteiger partial charge in [-0.2, -0.15) is 0 Å². The van der Waals surface area contributed by atoms with Crippen LogP contribution in [0.5, 0.6) is 11.5 Å². The summed E-state index contributed by atoms with van der Waals surface area (Å²) in [6, 6.07) is 13.6. The minimum absolute atomic E-state index is 0.281. The van der Waals surface area contributed by atoms with E-state index in [-0.39, 0.29) is 5.75 Å². The smallest absolute Gasteiger partial charge is 0.161 e. The van der Waals surface area contributed by atoms with Crippen molar-refractivity contribution in [2.75, 3.05) is 11.6 Å². The number of anilines is 1. The predicted octanol–water partition coefficient (Wildman–Crippen LogP) is 3.06. The van der Waals surface area contributed by atoms with Crippen molar-refractivity contribution in [2.45, 2.75) is 13.5 Å². The van der Waals surface area contributed by atoms with Crippen LogP contribution in [-0.2, 0) is 6.54 Å². The van der Waals surface area contributed by atoms with Gasteiger partial charge in [0.25, 0.3) is 0 Å². The maximum atomic E-state index is 9.52. The quantitative estimate of drug-likeness (QED) is 0.833. The second-order valence-corrected chi connectivity index (χ2v) is 4.60. The molecule has 0 spiro atoms. The van der Waals surface area contributed by atoms with Gasteiger partial charge in [0.1, 0.15) is 11.5 Å². The molecule has 0 atom stereocenters. The van der Waals surface area contributed by atoms with Crippen molar-refractivity contribution in [1.82, 2.24) is 0 Å². The summed E-state index contributed by atoms with van der Waals surface area (Å²) in [5.41, 5.74) is 3.39. The van der Waals surface area contributed by atoms with Gasteiger partial charge in [-0.25, -0.2) is 0 Å². The van der Waals surface area contributed by atoms with Gasteiger partial charge < -0.3 is 14.7 Å². The molecule has 3 nitrogen and oxygen atoms in total. The summed E-state index contributed by atoms with van der Waals surface area (Å²) in [6.45, 7) is 3.38. The third kappa shape index (κ3) is 1.99. The molecule has 1 aliphatic heterocycles. The number of rotatable bonds is 1. The van der Waals surface area contributed by atoms with Gasteiger partial charge in [0, 0.05) is 17.8 Å². The molecule has 0 radical (unpaired) electrons. The second-order valence-electron chi connectivity index (χ2n) is 4.60. The van der Waals surface area contributed by atoms with E-state index in [4.69, 9.17) is 4.74 Å². The Labute approximate surface area is 106 Å². The molecule has 3 rings (SSSR count). The van der Waals surface area contributed by atoms with Gasteiger partial charge in [-0.1, -0.05) is 12.1 Å². The lowest BCUT2D eigenvalue weighted by Gasteiger charge is -2.31. The van der Waals surface area contributed by atoms with E-state index < -0.39 is 0 Å². The van der Waals surface area contributed by atoms with Crippen LogP contribution < -0.4 is 9.64 Å². The SMILES string of the molecule is Cc1cccc(N2COc3ccc(O)cc3C2)c1. The molecule has 3 heteroatoms. The minimum Gasteiger partial charge on any atom is -0.508 e. The molecule has 0 fully saturated rings. The molecular formula is C15H15NO2. The fraction of sp³-hybridized carbons (Fsp3) is 0.200. The van der Waals surface area contributed by atoms with E-state index in [2.05, 4.69) is 30.0 Å². The maximum Gasteiger partial charge on any atom is 0.161 e. The highest BCUT2D eigenvalue weighted by molar-refractivity contribution is 5.52. The van der Waals surface area contributed by atoms with Crippen LogP contribution in [0.3, 0.4) is 0 Å². The topological polar surface area (TPSA) is 32.7 Å². The second kappa shape index (κ2) is 4.26. The zero-order valence-electron chi connectivity index (χ0n) is 10.3. The van der Waals surface area contributed by atoms with E-state index in [9.17, 15) is 5.11 Å². The third-order valence-corrected chi connectivity index (χ3v) is 3.15. The summed E-state index contributed by atoms with van der Waals surface area (Å²) in [5.74, 6) is 1.14. The zero-order valence-corrected chi connectivity index (χ0v) is 10.3. The standard InChI is InChI=1S/C15H15NO2/c1-11-3-2-4-13(7-11)16-9-12-8-14(17)5-6-15(12)18-10-16/h2-8,17H,9-10H2,1H3. The highest BCUT2D eigenvalue weighted by Crippen LogP contribution is 2.30.